The number of para-hydroxylation sites is 1. The number of hydrogen-bond acceptors (Lipinski definition) is 2. The number of nitrogens with zero attached hydrogens (tertiary/aromatic N) is 1. The lowest BCUT2D eigenvalue weighted by molar-refractivity contribution is -0.136. The van der Waals surface area contributed by atoms with Crippen LogP contribution in [0.5, 0.6) is 0 Å². The van der Waals surface area contributed by atoms with Gasteiger partial charge < -0.3 is 10.0 Å². The van der Waals surface area contributed by atoms with Gasteiger partial charge in [-0.3, -0.25) is 9.59 Å². The van der Waals surface area contributed by atoms with Crippen molar-refractivity contribution in [2.24, 2.45) is 0 Å². The van der Waals surface area contributed by atoms with Crippen LogP contribution in [-0.2, 0) is 9.59 Å². The van der Waals surface area contributed by atoms with Crippen molar-refractivity contribution in [2.75, 3.05) is 11.4 Å². The number of benzene rings is 1. The number of carbonyl (C=O) groups excluding carboxylic acids is 1. The summed E-state index contributed by atoms with van der Waals surface area (Å²) in [6.07, 6.45) is 1.64. The number of anilines is 1. The van der Waals surface area contributed by atoms with E-state index in [1.165, 1.54) is 11.0 Å². The Hall–Kier alpha value is -2.10. The average molecular weight is 233 g/mol. The summed E-state index contributed by atoms with van der Waals surface area (Å²) in [4.78, 5) is 23.8. The summed E-state index contributed by atoms with van der Waals surface area (Å²) in [6, 6.07) is 9.02. The molecule has 0 spiro atoms. The zero-order chi connectivity index (χ0) is 12.7. The van der Waals surface area contributed by atoms with E-state index in [4.69, 9.17) is 5.11 Å². The van der Waals surface area contributed by atoms with Crippen molar-refractivity contribution in [3.63, 3.8) is 0 Å². The predicted molar refractivity (Wildman–Crippen MR) is 65.9 cm³/mol. The van der Waals surface area contributed by atoms with Crippen molar-refractivity contribution in [2.45, 2.75) is 12.8 Å². The van der Waals surface area contributed by atoms with Crippen LogP contribution in [0.15, 0.2) is 43.0 Å². The molecule has 0 aliphatic rings. The van der Waals surface area contributed by atoms with E-state index in [1.54, 1.807) is 12.1 Å². The highest BCUT2D eigenvalue weighted by molar-refractivity contribution is 5.94. The minimum absolute atomic E-state index is 0.0716. The highest BCUT2D eigenvalue weighted by atomic mass is 16.4. The van der Waals surface area contributed by atoms with Crippen molar-refractivity contribution in [3.05, 3.63) is 43.0 Å². The molecule has 0 aromatic heterocycles. The predicted octanol–water partition coefficient (Wildman–Crippen LogP) is 2.07. The van der Waals surface area contributed by atoms with Crippen LogP contribution in [0.1, 0.15) is 12.8 Å². The van der Waals surface area contributed by atoms with Crippen molar-refractivity contribution >= 4 is 17.6 Å². The number of carboxylic acid groups (broad SMARTS) is 1. The van der Waals surface area contributed by atoms with E-state index in [0.29, 0.717) is 5.69 Å². The maximum atomic E-state index is 11.8. The van der Waals surface area contributed by atoms with Gasteiger partial charge in [0.05, 0.1) is 6.42 Å². The molecular weight excluding hydrogens is 218 g/mol. The minimum atomic E-state index is -0.919. The van der Waals surface area contributed by atoms with Crippen molar-refractivity contribution < 1.29 is 14.7 Å². The first-order chi connectivity index (χ1) is 8.15. The highest BCUT2D eigenvalue weighted by Gasteiger charge is 2.14. The smallest absolute Gasteiger partial charge is 0.305 e. The van der Waals surface area contributed by atoms with E-state index >= 15 is 0 Å². The summed E-state index contributed by atoms with van der Waals surface area (Å²) in [6.45, 7) is 3.68. The highest BCUT2D eigenvalue weighted by Crippen LogP contribution is 2.15. The van der Waals surface area contributed by atoms with Crippen LogP contribution in [0.4, 0.5) is 5.69 Å². The van der Waals surface area contributed by atoms with Crippen LogP contribution in [-0.4, -0.2) is 23.5 Å². The lowest BCUT2D eigenvalue weighted by Crippen LogP contribution is -2.32. The lowest BCUT2D eigenvalue weighted by atomic mass is 10.2. The second-order valence-corrected chi connectivity index (χ2v) is 3.52. The fraction of sp³-hybridized carbons (Fsp3) is 0.231. The Kier molecular flexibility index (Phi) is 4.94. The van der Waals surface area contributed by atoms with E-state index in [2.05, 4.69) is 6.58 Å². The van der Waals surface area contributed by atoms with Crippen LogP contribution in [0.3, 0.4) is 0 Å². The molecule has 1 aromatic carbocycles. The van der Waals surface area contributed by atoms with Gasteiger partial charge in [-0.25, -0.2) is 0 Å². The third kappa shape index (κ3) is 4.10. The Morgan fingerprint density at radius 3 is 2.47 bits per heavy atom. The third-order valence-corrected chi connectivity index (χ3v) is 2.24. The average Bonchev–Trinajstić information content (AvgIpc) is 2.30. The summed E-state index contributed by atoms with van der Waals surface area (Å²) in [5.74, 6) is -1.07. The summed E-state index contributed by atoms with van der Waals surface area (Å²) >= 11 is 0. The molecule has 0 aliphatic carbocycles. The molecule has 0 heterocycles. The first-order valence-corrected chi connectivity index (χ1v) is 5.33. The van der Waals surface area contributed by atoms with Crippen molar-refractivity contribution in [1.29, 1.82) is 0 Å². The van der Waals surface area contributed by atoms with Gasteiger partial charge in [0.1, 0.15) is 0 Å². The largest absolute Gasteiger partial charge is 0.481 e. The molecule has 4 nitrogen and oxygen atoms in total. The van der Waals surface area contributed by atoms with Gasteiger partial charge in [0, 0.05) is 18.7 Å². The Bertz CT molecular complexity index is 400. The molecule has 1 rings (SSSR count). The number of carbonyl (C=O) groups is 2. The van der Waals surface area contributed by atoms with Gasteiger partial charge >= 0.3 is 5.97 Å². The van der Waals surface area contributed by atoms with Gasteiger partial charge in [0.15, 0.2) is 0 Å². The standard InChI is InChI=1S/C13H15NO3/c1-2-6-12(15)14(10-9-13(16)17)11-7-4-3-5-8-11/h2-5,7-8H,1,6,9-10H2,(H,16,17). The number of hydrogen-bond donors (Lipinski definition) is 1. The molecule has 0 fully saturated rings. The Labute approximate surface area is 100 Å². The molecule has 0 bridgehead atoms. The van der Waals surface area contributed by atoms with Gasteiger partial charge in [0.2, 0.25) is 5.91 Å². The molecular formula is C13H15NO3. The fourth-order valence-electron chi connectivity index (χ4n) is 1.45. The Morgan fingerprint density at radius 1 is 1.29 bits per heavy atom. The quantitative estimate of drug-likeness (QED) is 0.765. The number of amides is 1. The van der Waals surface area contributed by atoms with Gasteiger partial charge in [-0.15, -0.1) is 6.58 Å². The molecule has 0 atom stereocenters. The topological polar surface area (TPSA) is 57.6 Å². The zero-order valence-electron chi connectivity index (χ0n) is 9.50. The van der Waals surface area contributed by atoms with E-state index in [1.807, 2.05) is 18.2 Å². The molecule has 0 saturated heterocycles. The molecule has 4 heteroatoms. The minimum Gasteiger partial charge on any atom is -0.481 e. The number of carboxylic acids is 1. The molecule has 0 aliphatic heterocycles. The monoisotopic (exact) mass is 233 g/mol. The van der Waals surface area contributed by atoms with Crippen molar-refractivity contribution in [1.82, 2.24) is 0 Å². The van der Waals surface area contributed by atoms with E-state index in [0.717, 1.165) is 0 Å². The van der Waals surface area contributed by atoms with Gasteiger partial charge in [-0.2, -0.15) is 0 Å². The van der Waals surface area contributed by atoms with Gasteiger partial charge in [0.25, 0.3) is 0 Å². The zero-order valence-corrected chi connectivity index (χ0v) is 9.50. The van der Waals surface area contributed by atoms with Crippen molar-refractivity contribution in [3.8, 4) is 0 Å². The lowest BCUT2D eigenvalue weighted by Gasteiger charge is -2.21. The molecule has 0 unspecified atom stereocenters. The maximum absolute atomic E-state index is 11.8. The van der Waals surface area contributed by atoms with E-state index in [9.17, 15) is 9.59 Å². The molecule has 1 amide bonds. The summed E-state index contributed by atoms with van der Waals surface area (Å²) < 4.78 is 0. The second-order valence-electron chi connectivity index (χ2n) is 3.52. The third-order valence-electron chi connectivity index (χ3n) is 2.24. The summed E-state index contributed by atoms with van der Waals surface area (Å²) in [7, 11) is 0. The number of rotatable bonds is 6. The normalized spacial score (nSPS) is 9.65. The first-order valence-electron chi connectivity index (χ1n) is 5.33. The first kappa shape index (κ1) is 13.0. The fourth-order valence-corrected chi connectivity index (χ4v) is 1.45. The Balaban J connectivity index is 2.82. The second kappa shape index (κ2) is 6.48. The summed E-state index contributed by atoms with van der Waals surface area (Å²) in [5.41, 5.74) is 0.709. The van der Waals surface area contributed by atoms with E-state index < -0.39 is 5.97 Å². The van der Waals surface area contributed by atoms with Crippen LogP contribution < -0.4 is 4.90 Å². The van der Waals surface area contributed by atoms with Crippen LogP contribution in [0, 0.1) is 0 Å². The SMILES string of the molecule is C=CCC(=O)N(CCC(=O)O)c1ccccc1. The van der Waals surface area contributed by atoms with Gasteiger partial charge in [-0.1, -0.05) is 24.3 Å². The van der Waals surface area contributed by atoms with E-state index in [-0.39, 0.29) is 25.3 Å². The molecule has 0 saturated carbocycles. The number of aliphatic carboxylic acids is 1. The molecule has 90 valence electrons. The molecule has 1 aromatic rings. The molecule has 17 heavy (non-hydrogen) atoms. The van der Waals surface area contributed by atoms with Gasteiger partial charge in [-0.05, 0) is 12.1 Å². The maximum Gasteiger partial charge on any atom is 0.305 e. The Morgan fingerprint density at radius 2 is 1.94 bits per heavy atom. The summed E-state index contributed by atoms with van der Waals surface area (Å²) in [5, 5.41) is 8.66. The van der Waals surface area contributed by atoms with Crippen LogP contribution >= 0.6 is 0 Å². The van der Waals surface area contributed by atoms with Crippen LogP contribution in [0.2, 0.25) is 0 Å². The molecule has 1 N–H and O–H groups in total. The van der Waals surface area contributed by atoms with Crippen LogP contribution in [0.25, 0.3) is 0 Å². The molecule has 0 radical (unpaired) electrons.